The average Bonchev–Trinajstić information content (AvgIpc) is 3.17. The van der Waals surface area contributed by atoms with Gasteiger partial charge in [-0.05, 0) is 41.5 Å². The number of nitrogens with zero attached hydrogens (tertiary/aromatic N) is 2. The second-order valence-corrected chi connectivity index (χ2v) is 7.22. The maximum atomic E-state index is 12.1. The zero-order valence-corrected chi connectivity index (χ0v) is 14.9. The molecule has 0 bridgehead atoms. The van der Waals surface area contributed by atoms with Gasteiger partial charge in [-0.2, -0.15) is 4.99 Å². The molecule has 2 aliphatic rings. The van der Waals surface area contributed by atoms with Crippen LogP contribution in [-0.4, -0.2) is 28.3 Å². The van der Waals surface area contributed by atoms with E-state index >= 15 is 0 Å². The van der Waals surface area contributed by atoms with E-state index in [0.29, 0.717) is 17.3 Å². The van der Waals surface area contributed by atoms with Gasteiger partial charge in [0, 0.05) is 17.3 Å². The molecule has 0 aliphatic carbocycles. The van der Waals surface area contributed by atoms with Gasteiger partial charge in [-0.1, -0.05) is 47.6 Å². The van der Waals surface area contributed by atoms with E-state index in [1.807, 2.05) is 59.5 Å². The molecule has 2 aromatic carbocycles. The van der Waals surface area contributed by atoms with Crippen molar-refractivity contribution < 1.29 is 9.53 Å². The van der Waals surface area contributed by atoms with Crippen molar-refractivity contribution in [2.24, 2.45) is 4.99 Å². The summed E-state index contributed by atoms with van der Waals surface area (Å²) in [4.78, 5) is 18.1. The molecular weight excluding hydrogens is 356 g/mol. The molecule has 0 N–H and O–H groups in total. The molecule has 1 fully saturated rings. The predicted octanol–water partition coefficient (Wildman–Crippen LogP) is 4.20. The first kappa shape index (κ1) is 16.2. The van der Waals surface area contributed by atoms with E-state index in [2.05, 4.69) is 4.99 Å². The Hall–Kier alpha value is -2.24. The van der Waals surface area contributed by atoms with Gasteiger partial charge >= 0.3 is 0 Å². The lowest BCUT2D eigenvalue weighted by Gasteiger charge is -2.12. The van der Waals surface area contributed by atoms with Crippen molar-refractivity contribution in [3.8, 4) is 5.75 Å². The van der Waals surface area contributed by atoms with Gasteiger partial charge in [0.1, 0.15) is 18.1 Å². The van der Waals surface area contributed by atoms with Crippen LogP contribution in [0.3, 0.4) is 0 Å². The van der Waals surface area contributed by atoms with E-state index in [1.54, 1.807) is 11.8 Å². The number of thioether (sulfide) groups is 1. The number of ether oxygens (including phenoxy) is 1. The van der Waals surface area contributed by atoms with E-state index in [1.165, 1.54) is 0 Å². The molecule has 6 heteroatoms. The summed E-state index contributed by atoms with van der Waals surface area (Å²) in [6, 6.07) is 15.3. The maximum absolute atomic E-state index is 12.1. The Labute approximate surface area is 155 Å². The molecule has 0 aromatic heterocycles. The molecule has 4 nitrogen and oxygen atoms in total. The highest BCUT2D eigenvalue weighted by molar-refractivity contribution is 8.14. The molecule has 2 aromatic rings. The minimum atomic E-state index is -0.172. The Morgan fingerprint density at radius 3 is 2.92 bits per heavy atom. The van der Waals surface area contributed by atoms with Crippen LogP contribution in [0.25, 0.3) is 6.08 Å². The van der Waals surface area contributed by atoms with Gasteiger partial charge in [0.25, 0.3) is 5.91 Å². The van der Waals surface area contributed by atoms with Gasteiger partial charge in [0.05, 0.1) is 0 Å². The van der Waals surface area contributed by atoms with Crippen molar-refractivity contribution in [1.82, 2.24) is 4.90 Å². The van der Waals surface area contributed by atoms with E-state index in [0.717, 1.165) is 34.3 Å². The number of benzene rings is 2. The summed E-state index contributed by atoms with van der Waals surface area (Å²) in [5.74, 6) is 1.55. The van der Waals surface area contributed by atoms with Crippen LogP contribution in [0.2, 0.25) is 5.02 Å². The standard InChI is InChI=1S/C19H15ClN2O2S/c20-15-6-4-13(5-7-15)12-24-16-3-1-2-14(10-16)11-17-18(23)21-19-22(17)8-9-25-19/h1-7,10-11H,8-9,12H2/b17-11-. The summed E-state index contributed by atoms with van der Waals surface area (Å²) in [6.07, 6.45) is 1.87. The average molecular weight is 371 g/mol. The summed E-state index contributed by atoms with van der Waals surface area (Å²) in [6.45, 7) is 1.29. The van der Waals surface area contributed by atoms with Crippen LogP contribution in [0.1, 0.15) is 11.1 Å². The predicted molar refractivity (Wildman–Crippen MR) is 102 cm³/mol. The van der Waals surface area contributed by atoms with Gasteiger partial charge in [-0.3, -0.25) is 4.79 Å². The fraction of sp³-hybridized carbons (Fsp3) is 0.158. The maximum Gasteiger partial charge on any atom is 0.296 e. The van der Waals surface area contributed by atoms with Gasteiger partial charge in [-0.15, -0.1) is 0 Å². The smallest absolute Gasteiger partial charge is 0.296 e. The number of amides is 1. The van der Waals surface area contributed by atoms with Crippen molar-refractivity contribution in [2.75, 3.05) is 12.3 Å². The van der Waals surface area contributed by atoms with Crippen LogP contribution in [0.15, 0.2) is 59.2 Å². The largest absolute Gasteiger partial charge is 0.489 e. The Morgan fingerprint density at radius 2 is 2.08 bits per heavy atom. The third-order valence-electron chi connectivity index (χ3n) is 3.96. The van der Waals surface area contributed by atoms with Crippen LogP contribution in [0.4, 0.5) is 0 Å². The first-order valence-electron chi connectivity index (χ1n) is 7.91. The van der Waals surface area contributed by atoms with Crippen molar-refractivity contribution in [3.05, 3.63) is 70.4 Å². The first-order valence-corrected chi connectivity index (χ1v) is 9.28. The molecule has 4 rings (SSSR count). The zero-order valence-electron chi connectivity index (χ0n) is 13.3. The number of fused-ring (bicyclic) bond motifs is 1. The Balaban J connectivity index is 1.49. The number of aliphatic imine (C=N–C) groups is 1. The molecule has 0 spiro atoms. The van der Waals surface area contributed by atoms with Crippen LogP contribution in [0.5, 0.6) is 5.75 Å². The monoisotopic (exact) mass is 370 g/mol. The molecule has 1 saturated heterocycles. The molecule has 0 saturated carbocycles. The third-order valence-corrected chi connectivity index (χ3v) is 5.17. The van der Waals surface area contributed by atoms with Crippen molar-refractivity contribution in [3.63, 3.8) is 0 Å². The number of rotatable bonds is 4. The molecule has 126 valence electrons. The van der Waals surface area contributed by atoms with Crippen LogP contribution in [0, 0.1) is 0 Å². The summed E-state index contributed by atoms with van der Waals surface area (Å²) < 4.78 is 5.85. The minimum absolute atomic E-state index is 0.172. The van der Waals surface area contributed by atoms with Crippen molar-refractivity contribution in [1.29, 1.82) is 0 Å². The van der Waals surface area contributed by atoms with E-state index in [4.69, 9.17) is 16.3 Å². The van der Waals surface area contributed by atoms with Crippen LogP contribution in [-0.2, 0) is 11.4 Å². The highest BCUT2D eigenvalue weighted by Gasteiger charge is 2.33. The molecule has 1 amide bonds. The molecule has 25 heavy (non-hydrogen) atoms. The zero-order chi connectivity index (χ0) is 17.2. The number of halogens is 1. The fourth-order valence-corrected chi connectivity index (χ4v) is 3.79. The lowest BCUT2D eigenvalue weighted by molar-refractivity contribution is -0.114. The van der Waals surface area contributed by atoms with Crippen molar-refractivity contribution >= 4 is 40.5 Å². The van der Waals surface area contributed by atoms with Gasteiger partial charge in [0.15, 0.2) is 5.17 Å². The fourth-order valence-electron chi connectivity index (χ4n) is 2.72. The number of carbonyl (C=O) groups is 1. The van der Waals surface area contributed by atoms with Gasteiger partial charge in [-0.25, -0.2) is 0 Å². The summed E-state index contributed by atoms with van der Waals surface area (Å²) in [5, 5.41) is 1.52. The second-order valence-electron chi connectivity index (χ2n) is 5.72. The molecule has 0 radical (unpaired) electrons. The topological polar surface area (TPSA) is 41.9 Å². The normalized spacial score (nSPS) is 17.8. The lowest BCUT2D eigenvalue weighted by atomic mass is 10.1. The summed E-state index contributed by atoms with van der Waals surface area (Å²) >= 11 is 7.51. The minimum Gasteiger partial charge on any atom is -0.489 e. The summed E-state index contributed by atoms with van der Waals surface area (Å²) in [5.41, 5.74) is 2.60. The number of amidine groups is 1. The van der Waals surface area contributed by atoms with Crippen LogP contribution < -0.4 is 4.74 Å². The van der Waals surface area contributed by atoms with E-state index in [9.17, 15) is 4.79 Å². The summed E-state index contributed by atoms with van der Waals surface area (Å²) in [7, 11) is 0. The first-order chi connectivity index (χ1) is 12.2. The number of hydrogen-bond donors (Lipinski definition) is 0. The molecule has 2 aliphatic heterocycles. The number of carbonyl (C=O) groups excluding carboxylic acids is 1. The van der Waals surface area contributed by atoms with Gasteiger partial charge in [0.2, 0.25) is 0 Å². The Bertz CT molecular complexity index is 877. The third kappa shape index (κ3) is 3.57. The molecule has 2 heterocycles. The van der Waals surface area contributed by atoms with E-state index in [-0.39, 0.29) is 5.91 Å². The SMILES string of the molecule is O=C1N=C2SCCN2/C1=C\c1cccc(OCc2ccc(Cl)cc2)c1. The van der Waals surface area contributed by atoms with Crippen molar-refractivity contribution in [2.45, 2.75) is 6.61 Å². The Morgan fingerprint density at radius 1 is 1.24 bits per heavy atom. The number of hydrogen-bond acceptors (Lipinski definition) is 4. The highest BCUT2D eigenvalue weighted by atomic mass is 35.5. The van der Waals surface area contributed by atoms with Gasteiger partial charge < -0.3 is 9.64 Å². The highest BCUT2D eigenvalue weighted by Crippen LogP contribution is 2.30. The molecule has 0 atom stereocenters. The van der Waals surface area contributed by atoms with E-state index < -0.39 is 0 Å². The molecular formula is C19H15ClN2O2S. The quantitative estimate of drug-likeness (QED) is 0.756. The lowest BCUT2D eigenvalue weighted by Crippen LogP contribution is -2.20. The van der Waals surface area contributed by atoms with Crippen LogP contribution >= 0.6 is 23.4 Å². The second kappa shape index (κ2) is 6.94. The molecule has 0 unspecified atom stereocenters. The Kier molecular flexibility index (Phi) is 4.51.